The van der Waals surface area contributed by atoms with E-state index in [1.807, 2.05) is 0 Å². The molecule has 0 heterocycles. The smallest absolute Gasteiger partial charge is 0.326 e. The Bertz CT molecular complexity index is 506. The van der Waals surface area contributed by atoms with E-state index in [0.717, 1.165) is 0 Å². The number of aliphatic carboxylic acids is 1. The molecule has 0 aromatic heterocycles. The Hall–Kier alpha value is -2.15. The monoisotopic (exact) mass is 299 g/mol. The van der Waals surface area contributed by atoms with Crippen LogP contribution in [0.1, 0.15) is 12.0 Å². The first-order valence-corrected chi connectivity index (χ1v) is 6.31. The maximum Gasteiger partial charge on any atom is 0.326 e. The van der Waals surface area contributed by atoms with Gasteiger partial charge in [0.25, 0.3) is 0 Å². The number of halogens is 1. The lowest BCUT2D eigenvalue weighted by atomic mass is 10.1. The summed E-state index contributed by atoms with van der Waals surface area (Å²) >= 11 is 0. The molecule has 0 saturated carbocycles. The third-order valence-corrected chi connectivity index (χ3v) is 2.84. The van der Waals surface area contributed by atoms with Gasteiger partial charge >= 0.3 is 5.97 Å². The molecular weight excluding hydrogens is 281 g/mol. The molecule has 1 atom stereocenters. The zero-order valence-corrected chi connectivity index (χ0v) is 11.9. The Kier molecular flexibility index (Phi) is 6.61. The number of hydrogen-bond acceptors (Lipinski definition) is 4. The maximum absolute atomic E-state index is 13.2. The van der Waals surface area contributed by atoms with Gasteiger partial charge in [0, 0.05) is 25.7 Å². The number of carboxylic acids is 1. The van der Waals surface area contributed by atoms with E-state index in [0.29, 0.717) is 11.3 Å². The Labute approximate surface area is 121 Å². The lowest BCUT2D eigenvalue weighted by Crippen LogP contribution is -2.42. The van der Waals surface area contributed by atoms with E-state index in [1.54, 1.807) is 0 Å². The molecule has 1 rings (SSSR count). The van der Waals surface area contributed by atoms with E-state index in [-0.39, 0.29) is 19.4 Å². The zero-order valence-electron chi connectivity index (χ0n) is 11.9. The van der Waals surface area contributed by atoms with Crippen molar-refractivity contribution >= 4 is 11.9 Å². The molecule has 0 radical (unpaired) electrons. The standard InChI is InChI=1S/C14H18FNO5/c1-20-6-5-11(14(18)19)16-13(17)8-9-7-10(15)3-4-12(9)21-2/h3-4,7,11H,5-6,8H2,1-2H3,(H,16,17)(H,18,19). The van der Waals surface area contributed by atoms with E-state index < -0.39 is 23.7 Å². The predicted molar refractivity (Wildman–Crippen MR) is 72.7 cm³/mol. The highest BCUT2D eigenvalue weighted by atomic mass is 19.1. The van der Waals surface area contributed by atoms with Gasteiger partial charge in [-0.1, -0.05) is 0 Å². The highest BCUT2D eigenvalue weighted by Gasteiger charge is 2.20. The topological polar surface area (TPSA) is 84.9 Å². The number of methoxy groups -OCH3 is 2. The third kappa shape index (κ3) is 5.39. The van der Waals surface area contributed by atoms with Crippen LogP contribution in [0.3, 0.4) is 0 Å². The SMILES string of the molecule is COCCC(NC(=O)Cc1cc(F)ccc1OC)C(=O)O. The van der Waals surface area contributed by atoms with Crippen molar-refractivity contribution in [2.45, 2.75) is 18.9 Å². The van der Waals surface area contributed by atoms with Crippen LogP contribution in [0.5, 0.6) is 5.75 Å². The van der Waals surface area contributed by atoms with Gasteiger partial charge < -0.3 is 19.9 Å². The number of amides is 1. The molecule has 0 saturated heterocycles. The molecule has 0 bridgehead atoms. The summed E-state index contributed by atoms with van der Waals surface area (Å²) in [4.78, 5) is 22.9. The van der Waals surface area contributed by atoms with Crippen molar-refractivity contribution in [3.63, 3.8) is 0 Å². The lowest BCUT2D eigenvalue weighted by molar-refractivity contribution is -0.142. The number of ether oxygens (including phenoxy) is 2. The van der Waals surface area contributed by atoms with E-state index in [4.69, 9.17) is 14.6 Å². The largest absolute Gasteiger partial charge is 0.496 e. The van der Waals surface area contributed by atoms with Gasteiger partial charge in [-0.2, -0.15) is 0 Å². The Morgan fingerprint density at radius 1 is 1.38 bits per heavy atom. The zero-order chi connectivity index (χ0) is 15.8. The summed E-state index contributed by atoms with van der Waals surface area (Å²) in [5.74, 6) is -1.79. The van der Waals surface area contributed by atoms with Crippen LogP contribution < -0.4 is 10.1 Å². The summed E-state index contributed by atoms with van der Waals surface area (Å²) < 4.78 is 23.0. The van der Waals surface area contributed by atoms with Gasteiger partial charge in [-0.05, 0) is 18.2 Å². The van der Waals surface area contributed by atoms with Crippen molar-refractivity contribution in [2.24, 2.45) is 0 Å². The fourth-order valence-electron chi connectivity index (χ4n) is 1.80. The molecule has 2 N–H and O–H groups in total. The molecule has 7 heteroatoms. The summed E-state index contributed by atoms with van der Waals surface area (Å²) in [7, 11) is 2.85. The molecular formula is C14H18FNO5. The molecule has 0 fully saturated rings. The highest BCUT2D eigenvalue weighted by molar-refractivity contribution is 5.85. The minimum Gasteiger partial charge on any atom is -0.496 e. The van der Waals surface area contributed by atoms with Gasteiger partial charge in [0.15, 0.2) is 0 Å². The lowest BCUT2D eigenvalue weighted by Gasteiger charge is -2.15. The van der Waals surface area contributed by atoms with Gasteiger partial charge in [-0.25, -0.2) is 9.18 Å². The predicted octanol–water partition coefficient (Wildman–Crippen LogP) is 0.983. The molecule has 0 spiro atoms. The second-order valence-electron chi connectivity index (χ2n) is 4.37. The molecule has 0 aliphatic rings. The van der Waals surface area contributed by atoms with Gasteiger partial charge in [-0.15, -0.1) is 0 Å². The van der Waals surface area contributed by atoms with Crippen molar-refractivity contribution in [1.82, 2.24) is 5.32 Å². The highest BCUT2D eigenvalue weighted by Crippen LogP contribution is 2.19. The van der Waals surface area contributed by atoms with Crippen molar-refractivity contribution in [3.05, 3.63) is 29.6 Å². The second-order valence-corrected chi connectivity index (χ2v) is 4.37. The Morgan fingerprint density at radius 3 is 2.67 bits per heavy atom. The molecule has 0 aliphatic carbocycles. The van der Waals surface area contributed by atoms with Gasteiger partial charge in [0.2, 0.25) is 5.91 Å². The minimum absolute atomic E-state index is 0.151. The average Bonchev–Trinajstić information content (AvgIpc) is 2.43. The second kappa shape index (κ2) is 8.21. The quantitative estimate of drug-likeness (QED) is 0.747. The molecule has 6 nitrogen and oxygen atoms in total. The molecule has 0 aliphatic heterocycles. The van der Waals surface area contributed by atoms with Crippen LogP contribution in [0, 0.1) is 5.82 Å². The molecule has 1 aromatic rings. The number of nitrogens with one attached hydrogen (secondary N) is 1. The summed E-state index contributed by atoms with van der Waals surface area (Å²) in [5.41, 5.74) is 0.353. The van der Waals surface area contributed by atoms with Gasteiger partial charge in [0.1, 0.15) is 17.6 Å². The van der Waals surface area contributed by atoms with Crippen LogP contribution in [-0.4, -0.2) is 43.9 Å². The molecule has 21 heavy (non-hydrogen) atoms. The van der Waals surface area contributed by atoms with Crippen molar-refractivity contribution < 1.29 is 28.6 Å². The number of carbonyl (C=O) groups excluding carboxylic acids is 1. The molecule has 1 amide bonds. The van der Waals surface area contributed by atoms with E-state index in [2.05, 4.69) is 5.32 Å². The van der Waals surface area contributed by atoms with Crippen LogP contribution in [0.15, 0.2) is 18.2 Å². The van der Waals surface area contributed by atoms with Crippen molar-refractivity contribution in [1.29, 1.82) is 0 Å². The first-order chi connectivity index (χ1) is 9.97. The first-order valence-electron chi connectivity index (χ1n) is 6.31. The number of benzene rings is 1. The van der Waals surface area contributed by atoms with Gasteiger partial charge in [0.05, 0.1) is 13.5 Å². The number of carboxylic acid groups (broad SMARTS) is 1. The van der Waals surface area contributed by atoms with Gasteiger partial charge in [-0.3, -0.25) is 4.79 Å². The third-order valence-electron chi connectivity index (χ3n) is 2.84. The summed E-state index contributed by atoms with van der Waals surface area (Å²) in [6.45, 7) is 0.209. The normalized spacial score (nSPS) is 11.8. The Morgan fingerprint density at radius 2 is 2.10 bits per heavy atom. The first kappa shape index (κ1) is 16.9. The molecule has 1 unspecified atom stereocenters. The molecule has 1 aromatic carbocycles. The Balaban J connectivity index is 2.71. The fraction of sp³-hybridized carbons (Fsp3) is 0.429. The van der Waals surface area contributed by atoms with Crippen LogP contribution in [0.4, 0.5) is 4.39 Å². The number of hydrogen-bond donors (Lipinski definition) is 2. The average molecular weight is 299 g/mol. The fourth-order valence-corrected chi connectivity index (χ4v) is 1.80. The molecule has 116 valence electrons. The number of carbonyl (C=O) groups is 2. The van der Waals surface area contributed by atoms with Crippen molar-refractivity contribution in [3.8, 4) is 5.75 Å². The van der Waals surface area contributed by atoms with E-state index >= 15 is 0 Å². The van der Waals surface area contributed by atoms with Crippen molar-refractivity contribution in [2.75, 3.05) is 20.8 Å². The van der Waals surface area contributed by atoms with Crippen LogP contribution in [-0.2, 0) is 20.7 Å². The summed E-state index contributed by atoms with van der Waals surface area (Å²) in [6.07, 6.45) is -0.0183. The van der Waals surface area contributed by atoms with Crippen LogP contribution in [0.25, 0.3) is 0 Å². The number of rotatable bonds is 8. The van der Waals surface area contributed by atoms with Crippen LogP contribution >= 0.6 is 0 Å². The minimum atomic E-state index is -1.15. The maximum atomic E-state index is 13.2. The summed E-state index contributed by atoms with van der Waals surface area (Å²) in [6, 6.07) is 2.77. The summed E-state index contributed by atoms with van der Waals surface area (Å²) in [5, 5.41) is 11.4. The van der Waals surface area contributed by atoms with E-state index in [1.165, 1.54) is 32.4 Å². The van der Waals surface area contributed by atoms with Crippen LogP contribution in [0.2, 0.25) is 0 Å². The van der Waals surface area contributed by atoms with E-state index in [9.17, 15) is 14.0 Å².